The SMILES string of the molecule is CCCCCCCCNC(=O)C(F)(F)C(=O)N[C@H]1CCOC1=O. The van der Waals surface area contributed by atoms with Crippen LogP contribution in [0.3, 0.4) is 0 Å². The van der Waals surface area contributed by atoms with Crippen molar-refractivity contribution in [2.45, 2.75) is 63.8 Å². The minimum atomic E-state index is -4.20. The van der Waals surface area contributed by atoms with Gasteiger partial charge in [0.25, 0.3) is 0 Å². The Morgan fingerprint density at radius 2 is 1.83 bits per heavy atom. The Kier molecular flexibility index (Phi) is 7.91. The topological polar surface area (TPSA) is 84.5 Å². The number of rotatable bonds is 10. The highest BCUT2D eigenvalue weighted by Gasteiger charge is 2.48. The molecule has 2 N–H and O–H groups in total. The zero-order valence-electron chi connectivity index (χ0n) is 13.3. The maximum absolute atomic E-state index is 13.7. The van der Waals surface area contributed by atoms with E-state index in [0.717, 1.165) is 32.1 Å². The van der Waals surface area contributed by atoms with Gasteiger partial charge in [0.2, 0.25) is 0 Å². The van der Waals surface area contributed by atoms with Gasteiger partial charge in [-0.1, -0.05) is 39.0 Å². The Labute approximate surface area is 134 Å². The maximum Gasteiger partial charge on any atom is 0.400 e. The first kappa shape index (κ1) is 19.3. The summed E-state index contributed by atoms with van der Waals surface area (Å²) in [7, 11) is 0. The van der Waals surface area contributed by atoms with Crippen molar-refractivity contribution in [1.82, 2.24) is 10.6 Å². The van der Waals surface area contributed by atoms with Crippen LogP contribution in [0.2, 0.25) is 0 Å². The summed E-state index contributed by atoms with van der Waals surface area (Å²) >= 11 is 0. The third kappa shape index (κ3) is 6.11. The predicted octanol–water partition coefficient (Wildman–Crippen LogP) is 1.53. The van der Waals surface area contributed by atoms with Crippen molar-refractivity contribution in [2.24, 2.45) is 0 Å². The number of carbonyl (C=O) groups is 3. The summed E-state index contributed by atoms with van der Waals surface area (Å²) in [6.07, 6.45) is 5.87. The standard InChI is InChI=1S/C15H24F2N2O4/c1-2-3-4-5-6-7-9-18-13(21)15(16,17)14(22)19-11-8-10-23-12(11)20/h11H,2-10H2,1H3,(H,18,21)(H,19,22)/t11-/m0/s1. The summed E-state index contributed by atoms with van der Waals surface area (Å²) in [6, 6.07) is -1.11. The van der Waals surface area contributed by atoms with Gasteiger partial charge >= 0.3 is 23.7 Å². The van der Waals surface area contributed by atoms with E-state index in [-0.39, 0.29) is 19.6 Å². The van der Waals surface area contributed by atoms with E-state index in [1.54, 1.807) is 0 Å². The van der Waals surface area contributed by atoms with Gasteiger partial charge in [0.1, 0.15) is 6.04 Å². The molecule has 8 heteroatoms. The maximum atomic E-state index is 13.7. The molecule has 132 valence electrons. The zero-order valence-corrected chi connectivity index (χ0v) is 13.3. The zero-order chi connectivity index (χ0) is 17.3. The second-order valence-corrected chi connectivity index (χ2v) is 5.58. The van der Waals surface area contributed by atoms with E-state index < -0.39 is 29.7 Å². The highest BCUT2D eigenvalue weighted by molar-refractivity contribution is 6.07. The lowest BCUT2D eigenvalue weighted by Crippen LogP contribution is -2.54. The predicted molar refractivity (Wildman–Crippen MR) is 78.8 cm³/mol. The minimum absolute atomic E-state index is 0.0690. The van der Waals surface area contributed by atoms with Gasteiger partial charge in [0.05, 0.1) is 6.61 Å². The molecular weight excluding hydrogens is 310 g/mol. The molecule has 6 nitrogen and oxygen atoms in total. The van der Waals surface area contributed by atoms with Crippen molar-refractivity contribution in [2.75, 3.05) is 13.2 Å². The van der Waals surface area contributed by atoms with Crippen LogP contribution in [0.25, 0.3) is 0 Å². The average molecular weight is 334 g/mol. The van der Waals surface area contributed by atoms with Crippen molar-refractivity contribution < 1.29 is 27.9 Å². The number of alkyl halides is 2. The number of amides is 2. The van der Waals surface area contributed by atoms with Crippen LogP contribution in [0.4, 0.5) is 8.78 Å². The quantitative estimate of drug-likeness (QED) is 0.360. The number of unbranched alkanes of at least 4 members (excludes halogenated alkanes) is 5. The van der Waals surface area contributed by atoms with Crippen LogP contribution in [-0.2, 0) is 19.1 Å². The first-order valence-electron chi connectivity index (χ1n) is 8.03. The van der Waals surface area contributed by atoms with Crippen molar-refractivity contribution in [3.63, 3.8) is 0 Å². The molecule has 1 aliphatic heterocycles. The molecule has 23 heavy (non-hydrogen) atoms. The molecule has 0 unspecified atom stereocenters. The van der Waals surface area contributed by atoms with Crippen molar-refractivity contribution in [3.05, 3.63) is 0 Å². The first-order valence-corrected chi connectivity index (χ1v) is 8.03. The molecular formula is C15H24F2N2O4. The monoisotopic (exact) mass is 334 g/mol. The number of hydrogen-bond acceptors (Lipinski definition) is 4. The molecule has 2 amide bonds. The molecule has 0 saturated carbocycles. The Morgan fingerprint density at radius 3 is 2.43 bits per heavy atom. The van der Waals surface area contributed by atoms with Gasteiger partial charge in [0, 0.05) is 13.0 Å². The fourth-order valence-corrected chi connectivity index (χ4v) is 2.20. The van der Waals surface area contributed by atoms with Crippen LogP contribution >= 0.6 is 0 Å². The van der Waals surface area contributed by atoms with Crippen LogP contribution < -0.4 is 10.6 Å². The molecule has 1 heterocycles. The van der Waals surface area contributed by atoms with Crippen molar-refractivity contribution in [1.29, 1.82) is 0 Å². The lowest BCUT2D eigenvalue weighted by Gasteiger charge is -2.17. The fourth-order valence-electron chi connectivity index (χ4n) is 2.20. The smallest absolute Gasteiger partial charge is 0.400 e. The van der Waals surface area contributed by atoms with E-state index >= 15 is 0 Å². The third-order valence-electron chi connectivity index (χ3n) is 3.63. The van der Waals surface area contributed by atoms with Gasteiger partial charge < -0.3 is 15.4 Å². The molecule has 1 aliphatic rings. The van der Waals surface area contributed by atoms with E-state index in [4.69, 9.17) is 0 Å². The molecule has 0 radical (unpaired) electrons. The summed E-state index contributed by atoms with van der Waals surface area (Å²) in [5.41, 5.74) is 0. The van der Waals surface area contributed by atoms with Crippen molar-refractivity contribution in [3.8, 4) is 0 Å². The van der Waals surface area contributed by atoms with Gasteiger partial charge in [-0.05, 0) is 6.42 Å². The molecule has 1 atom stereocenters. The van der Waals surface area contributed by atoms with Crippen molar-refractivity contribution >= 4 is 17.8 Å². The van der Waals surface area contributed by atoms with E-state index in [2.05, 4.69) is 17.0 Å². The molecule has 0 aromatic rings. The lowest BCUT2D eigenvalue weighted by molar-refractivity contribution is -0.161. The number of hydrogen-bond donors (Lipinski definition) is 2. The molecule has 1 saturated heterocycles. The minimum Gasteiger partial charge on any atom is -0.464 e. The van der Waals surface area contributed by atoms with Crippen LogP contribution in [0.15, 0.2) is 0 Å². The molecule has 0 spiro atoms. The highest BCUT2D eigenvalue weighted by Crippen LogP contribution is 2.16. The van der Waals surface area contributed by atoms with E-state index in [1.807, 2.05) is 5.32 Å². The number of nitrogens with one attached hydrogen (secondary N) is 2. The van der Waals surface area contributed by atoms with Crippen LogP contribution in [-0.4, -0.2) is 42.9 Å². The van der Waals surface area contributed by atoms with E-state index in [1.165, 1.54) is 0 Å². The van der Waals surface area contributed by atoms with Gasteiger partial charge in [-0.2, -0.15) is 8.78 Å². The number of cyclic esters (lactones) is 1. The van der Waals surface area contributed by atoms with Gasteiger partial charge in [0.15, 0.2) is 0 Å². The number of ether oxygens (including phenoxy) is 1. The van der Waals surface area contributed by atoms with E-state index in [9.17, 15) is 23.2 Å². The molecule has 0 aromatic carbocycles. The van der Waals surface area contributed by atoms with Gasteiger partial charge in [-0.15, -0.1) is 0 Å². The third-order valence-corrected chi connectivity index (χ3v) is 3.63. The highest BCUT2D eigenvalue weighted by atomic mass is 19.3. The average Bonchev–Trinajstić information content (AvgIpc) is 2.91. The summed E-state index contributed by atoms with van der Waals surface area (Å²) in [5, 5.41) is 3.92. The van der Waals surface area contributed by atoms with Gasteiger partial charge in [-0.25, -0.2) is 4.79 Å². The van der Waals surface area contributed by atoms with Crippen LogP contribution in [0.5, 0.6) is 0 Å². The Bertz CT molecular complexity index is 430. The molecule has 0 aliphatic carbocycles. The van der Waals surface area contributed by atoms with Crippen LogP contribution in [0, 0.1) is 0 Å². The normalized spacial score (nSPS) is 17.7. The second-order valence-electron chi connectivity index (χ2n) is 5.58. The largest absolute Gasteiger partial charge is 0.464 e. The number of halogens is 2. The second kappa shape index (κ2) is 9.42. The number of carbonyl (C=O) groups excluding carboxylic acids is 3. The molecule has 1 fully saturated rings. The van der Waals surface area contributed by atoms with Gasteiger partial charge in [-0.3, -0.25) is 9.59 Å². The molecule has 0 bridgehead atoms. The summed E-state index contributed by atoms with van der Waals surface area (Å²) in [5.74, 6) is -8.39. The summed E-state index contributed by atoms with van der Waals surface area (Å²) in [6.45, 7) is 2.26. The molecule has 0 aromatic heterocycles. The lowest BCUT2D eigenvalue weighted by atomic mass is 10.1. The molecule has 1 rings (SSSR count). The Morgan fingerprint density at radius 1 is 1.17 bits per heavy atom. The Hall–Kier alpha value is -1.73. The van der Waals surface area contributed by atoms with Crippen LogP contribution in [0.1, 0.15) is 51.9 Å². The van der Waals surface area contributed by atoms with E-state index in [0.29, 0.717) is 6.42 Å². The first-order chi connectivity index (χ1) is 10.9. The Balaban J connectivity index is 2.29. The summed E-state index contributed by atoms with van der Waals surface area (Å²) in [4.78, 5) is 34.1. The summed E-state index contributed by atoms with van der Waals surface area (Å²) < 4.78 is 31.9. The number of esters is 1. The fraction of sp³-hybridized carbons (Fsp3) is 0.800.